The Hall–Kier alpha value is -0.860. The van der Waals surface area contributed by atoms with Crippen molar-refractivity contribution >= 4 is 11.6 Å². The fourth-order valence-corrected chi connectivity index (χ4v) is 1.53. The standard InChI is InChI=1S/C9H14N2O/c1-2-3-7-6-9(12)11(10-7)8-4-5-8/h8H,2-6H2,1H3. The molecule has 0 saturated heterocycles. The molecule has 3 heteroatoms. The highest BCUT2D eigenvalue weighted by molar-refractivity contribution is 6.05. The molecule has 1 saturated carbocycles. The average Bonchev–Trinajstić information content (AvgIpc) is 2.79. The second kappa shape index (κ2) is 2.88. The van der Waals surface area contributed by atoms with Crippen molar-refractivity contribution in [3.8, 4) is 0 Å². The zero-order valence-electron chi connectivity index (χ0n) is 7.42. The Balaban J connectivity index is 2.00. The Morgan fingerprint density at radius 1 is 1.58 bits per heavy atom. The molecular formula is C9H14N2O. The van der Waals surface area contributed by atoms with Gasteiger partial charge in [0.25, 0.3) is 0 Å². The fraction of sp³-hybridized carbons (Fsp3) is 0.778. The molecule has 0 aromatic rings. The Labute approximate surface area is 72.4 Å². The van der Waals surface area contributed by atoms with E-state index in [1.165, 1.54) is 0 Å². The van der Waals surface area contributed by atoms with Crippen LogP contribution in [0.5, 0.6) is 0 Å². The van der Waals surface area contributed by atoms with Crippen LogP contribution in [0.3, 0.4) is 0 Å². The Morgan fingerprint density at radius 3 is 2.92 bits per heavy atom. The van der Waals surface area contributed by atoms with E-state index in [1.807, 2.05) is 0 Å². The van der Waals surface area contributed by atoms with Gasteiger partial charge in [0.2, 0.25) is 5.91 Å². The highest BCUT2D eigenvalue weighted by Gasteiger charge is 2.36. The number of carbonyl (C=O) groups excluding carboxylic acids is 1. The Kier molecular flexibility index (Phi) is 1.87. The van der Waals surface area contributed by atoms with Crippen LogP contribution in [0.25, 0.3) is 0 Å². The monoisotopic (exact) mass is 166 g/mol. The maximum Gasteiger partial charge on any atom is 0.248 e. The molecular weight excluding hydrogens is 152 g/mol. The predicted molar refractivity (Wildman–Crippen MR) is 46.8 cm³/mol. The molecule has 0 radical (unpaired) electrons. The van der Waals surface area contributed by atoms with Crippen LogP contribution in [0.1, 0.15) is 39.0 Å². The van der Waals surface area contributed by atoms with Crippen LogP contribution >= 0.6 is 0 Å². The average molecular weight is 166 g/mol. The van der Waals surface area contributed by atoms with Crippen LogP contribution in [0.2, 0.25) is 0 Å². The molecule has 1 heterocycles. The molecule has 0 N–H and O–H groups in total. The summed E-state index contributed by atoms with van der Waals surface area (Å²) in [5.41, 5.74) is 1.08. The van der Waals surface area contributed by atoms with Crippen molar-refractivity contribution in [3.63, 3.8) is 0 Å². The van der Waals surface area contributed by atoms with Gasteiger partial charge in [-0.05, 0) is 19.3 Å². The lowest BCUT2D eigenvalue weighted by molar-refractivity contribution is -0.129. The number of nitrogens with zero attached hydrogens (tertiary/aromatic N) is 2. The minimum atomic E-state index is 0.209. The zero-order chi connectivity index (χ0) is 8.55. The molecule has 3 nitrogen and oxygen atoms in total. The number of carbonyl (C=O) groups is 1. The number of hydrogen-bond acceptors (Lipinski definition) is 2. The SMILES string of the molecule is CCCC1=NN(C2CC2)C(=O)C1. The Morgan fingerprint density at radius 2 is 2.33 bits per heavy atom. The lowest BCUT2D eigenvalue weighted by Gasteiger charge is -2.08. The van der Waals surface area contributed by atoms with E-state index in [0.29, 0.717) is 12.5 Å². The topological polar surface area (TPSA) is 32.7 Å². The van der Waals surface area contributed by atoms with E-state index in [9.17, 15) is 4.79 Å². The van der Waals surface area contributed by atoms with Crippen LogP contribution < -0.4 is 0 Å². The summed E-state index contributed by atoms with van der Waals surface area (Å²) in [6, 6.07) is 0.451. The molecule has 0 spiro atoms. The molecule has 1 aliphatic heterocycles. The lowest BCUT2D eigenvalue weighted by atomic mass is 10.2. The second-order valence-corrected chi connectivity index (χ2v) is 3.56. The van der Waals surface area contributed by atoms with Gasteiger partial charge in [-0.1, -0.05) is 13.3 Å². The zero-order valence-corrected chi connectivity index (χ0v) is 7.42. The van der Waals surface area contributed by atoms with Gasteiger partial charge in [0, 0.05) is 5.71 Å². The lowest BCUT2D eigenvalue weighted by Crippen LogP contribution is -2.22. The molecule has 0 unspecified atom stereocenters. The molecule has 0 aromatic heterocycles. The molecule has 0 atom stereocenters. The first kappa shape index (κ1) is 7.77. The smallest absolute Gasteiger partial charge is 0.248 e. The van der Waals surface area contributed by atoms with Crippen LogP contribution in [0.4, 0.5) is 0 Å². The summed E-state index contributed by atoms with van der Waals surface area (Å²) >= 11 is 0. The van der Waals surface area contributed by atoms with E-state index in [-0.39, 0.29) is 5.91 Å². The van der Waals surface area contributed by atoms with Crippen LogP contribution in [-0.2, 0) is 4.79 Å². The van der Waals surface area contributed by atoms with E-state index in [1.54, 1.807) is 5.01 Å². The second-order valence-electron chi connectivity index (χ2n) is 3.56. The highest BCUT2D eigenvalue weighted by Crippen LogP contribution is 2.30. The fourth-order valence-electron chi connectivity index (χ4n) is 1.53. The van der Waals surface area contributed by atoms with Gasteiger partial charge in [0.15, 0.2) is 0 Å². The maximum absolute atomic E-state index is 11.4. The third kappa shape index (κ3) is 1.36. The quantitative estimate of drug-likeness (QED) is 0.626. The first-order chi connectivity index (χ1) is 5.81. The summed E-state index contributed by atoms with van der Waals surface area (Å²) in [7, 11) is 0. The molecule has 0 aromatic carbocycles. The van der Waals surface area contributed by atoms with Gasteiger partial charge >= 0.3 is 0 Å². The van der Waals surface area contributed by atoms with Gasteiger partial charge in [-0.3, -0.25) is 4.79 Å². The van der Waals surface area contributed by atoms with Gasteiger partial charge in [-0.2, -0.15) is 5.10 Å². The van der Waals surface area contributed by atoms with Crippen molar-refractivity contribution in [1.82, 2.24) is 5.01 Å². The van der Waals surface area contributed by atoms with Gasteiger partial charge in [-0.25, -0.2) is 5.01 Å². The van der Waals surface area contributed by atoms with E-state index < -0.39 is 0 Å². The van der Waals surface area contributed by atoms with Gasteiger partial charge in [0.1, 0.15) is 0 Å². The van der Waals surface area contributed by atoms with Crippen molar-refractivity contribution in [3.05, 3.63) is 0 Å². The molecule has 1 aliphatic carbocycles. The number of amides is 1. The first-order valence-electron chi connectivity index (χ1n) is 4.69. The van der Waals surface area contributed by atoms with Crippen molar-refractivity contribution in [1.29, 1.82) is 0 Å². The van der Waals surface area contributed by atoms with Crippen LogP contribution in [0, 0.1) is 0 Å². The van der Waals surface area contributed by atoms with Gasteiger partial charge in [0.05, 0.1) is 12.5 Å². The Bertz CT molecular complexity index is 231. The van der Waals surface area contributed by atoms with E-state index in [4.69, 9.17) is 0 Å². The van der Waals surface area contributed by atoms with Gasteiger partial charge in [-0.15, -0.1) is 0 Å². The molecule has 2 rings (SSSR count). The summed E-state index contributed by atoms with van der Waals surface area (Å²) in [6.45, 7) is 2.12. The summed E-state index contributed by atoms with van der Waals surface area (Å²) in [5.74, 6) is 0.209. The molecule has 1 fully saturated rings. The summed E-state index contributed by atoms with van der Waals surface area (Å²) in [4.78, 5) is 11.4. The molecule has 66 valence electrons. The van der Waals surface area contributed by atoms with Crippen molar-refractivity contribution in [2.45, 2.75) is 45.1 Å². The number of hydrazone groups is 1. The summed E-state index contributed by atoms with van der Waals surface area (Å²) in [5, 5.41) is 6.02. The number of rotatable bonds is 3. The minimum Gasteiger partial charge on any atom is -0.273 e. The first-order valence-corrected chi connectivity index (χ1v) is 4.69. The number of hydrogen-bond donors (Lipinski definition) is 0. The van der Waals surface area contributed by atoms with Crippen LogP contribution in [0.15, 0.2) is 5.10 Å². The maximum atomic E-state index is 11.4. The summed E-state index contributed by atoms with van der Waals surface area (Å²) in [6.07, 6.45) is 4.94. The van der Waals surface area contributed by atoms with E-state index in [0.717, 1.165) is 31.4 Å². The minimum absolute atomic E-state index is 0.209. The predicted octanol–water partition coefficient (Wildman–Crippen LogP) is 1.54. The van der Waals surface area contributed by atoms with E-state index in [2.05, 4.69) is 12.0 Å². The van der Waals surface area contributed by atoms with Crippen LogP contribution in [-0.4, -0.2) is 22.7 Å². The largest absolute Gasteiger partial charge is 0.273 e. The van der Waals surface area contributed by atoms with Crippen molar-refractivity contribution in [2.24, 2.45) is 5.10 Å². The van der Waals surface area contributed by atoms with Gasteiger partial charge < -0.3 is 0 Å². The van der Waals surface area contributed by atoms with Crippen molar-refractivity contribution < 1.29 is 4.79 Å². The highest BCUT2D eigenvalue weighted by atomic mass is 16.2. The molecule has 1 amide bonds. The van der Waals surface area contributed by atoms with E-state index >= 15 is 0 Å². The van der Waals surface area contributed by atoms with Crippen molar-refractivity contribution in [2.75, 3.05) is 0 Å². The normalized spacial score (nSPS) is 23.2. The third-order valence-corrected chi connectivity index (χ3v) is 2.29. The molecule has 0 bridgehead atoms. The molecule has 2 aliphatic rings. The molecule has 12 heavy (non-hydrogen) atoms. The third-order valence-electron chi connectivity index (χ3n) is 2.29. The summed E-state index contributed by atoms with van der Waals surface area (Å²) < 4.78 is 0.